The lowest BCUT2D eigenvalue weighted by molar-refractivity contribution is -0.236. The van der Waals surface area contributed by atoms with Crippen LogP contribution in [0.25, 0.3) is 11.0 Å². The third-order valence-corrected chi connectivity index (χ3v) is 20.8. The molecule has 13 atom stereocenters. The number of fused-ring (bicyclic) bond motifs is 7. The molecule has 4 saturated carbocycles. The molecule has 0 unspecified atom stereocenters. The first-order valence-electron chi connectivity index (χ1n) is 26.0. The molecule has 1 aromatic carbocycles. The third-order valence-electron chi connectivity index (χ3n) is 20.8. The first-order chi connectivity index (χ1) is 31.9. The van der Waals surface area contributed by atoms with E-state index in [1.165, 1.54) is 5.56 Å². The molecule has 9 heteroatoms. The van der Waals surface area contributed by atoms with Crippen molar-refractivity contribution in [3.8, 4) is 11.8 Å². The molecule has 0 amide bonds. The number of aryl methyl sites for hydroxylation is 1. The lowest BCUT2D eigenvalue weighted by Crippen LogP contribution is -2.70. The number of Topliss-reactive ketones (excluding diaryl/α,β-unsaturated/α-hetero) is 2. The average molecular weight is 911 g/mol. The zero-order valence-electron chi connectivity index (χ0n) is 41.3. The Hall–Kier alpha value is -3.81. The molecule has 2 saturated heterocycles. The zero-order valence-corrected chi connectivity index (χ0v) is 41.3. The van der Waals surface area contributed by atoms with Crippen LogP contribution in [0.15, 0.2) is 41.6 Å². The van der Waals surface area contributed by atoms with Crippen molar-refractivity contribution in [2.75, 3.05) is 13.2 Å². The highest BCUT2D eigenvalue weighted by Crippen LogP contribution is 2.77. The number of benzene rings is 1. The maximum atomic E-state index is 15.1. The molecule has 5 aliphatic carbocycles. The number of aromatic nitrogens is 2. The molecule has 3 N–H and O–H groups in total. The highest BCUT2D eigenvalue weighted by Gasteiger charge is 2.75. The number of H-pyrrole nitrogens is 1. The first kappa shape index (κ1) is 45.6. The second-order valence-corrected chi connectivity index (χ2v) is 24.4. The summed E-state index contributed by atoms with van der Waals surface area (Å²) in [6.07, 6.45) is 10.7. The molecule has 11 rings (SSSR count). The summed E-state index contributed by atoms with van der Waals surface area (Å²) in [5, 5.41) is 25.5. The zero-order chi connectivity index (χ0) is 47.2. The second kappa shape index (κ2) is 15.9. The van der Waals surface area contributed by atoms with Crippen molar-refractivity contribution >= 4 is 28.9 Å². The predicted molar refractivity (Wildman–Crippen MR) is 258 cm³/mol. The minimum absolute atomic E-state index is 0.0380. The van der Waals surface area contributed by atoms with Gasteiger partial charge in [0.2, 0.25) is 0 Å². The van der Waals surface area contributed by atoms with Crippen LogP contribution in [0.1, 0.15) is 159 Å². The fourth-order valence-electron chi connectivity index (χ4n) is 17.3. The number of hydrogen-bond donors (Lipinski definition) is 3. The highest BCUT2D eigenvalue weighted by molar-refractivity contribution is 6.01. The van der Waals surface area contributed by atoms with E-state index in [0.29, 0.717) is 49.8 Å². The number of carbonyl (C=O) groups is 3. The van der Waals surface area contributed by atoms with E-state index in [0.717, 1.165) is 115 Å². The van der Waals surface area contributed by atoms with Crippen molar-refractivity contribution in [1.29, 1.82) is 0 Å². The topological polar surface area (TPSA) is 134 Å². The molecule has 2 aromatic heterocycles. The van der Waals surface area contributed by atoms with Crippen LogP contribution >= 0.6 is 0 Å². The van der Waals surface area contributed by atoms with E-state index in [4.69, 9.17) is 9.47 Å². The molecule has 8 aliphatic rings. The molecule has 9 nitrogen and oxygen atoms in total. The Morgan fingerprint density at radius 1 is 1.01 bits per heavy atom. The van der Waals surface area contributed by atoms with Crippen LogP contribution in [0.4, 0.5) is 0 Å². The maximum Gasteiger partial charge on any atom is 0.160 e. The van der Waals surface area contributed by atoms with Gasteiger partial charge in [-0.25, -0.2) is 0 Å². The summed E-state index contributed by atoms with van der Waals surface area (Å²) < 4.78 is 14.0. The number of ketones is 2. The largest absolute Gasteiger partial charge is 0.392 e. The van der Waals surface area contributed by atoms with Crippen molar-refractivity contribution in [1.82, 2.24) is 9.55 Å². The minimum atomic E-state index is -0.846. The number of allylic oxidation sites excluding steroid dienone is 1. The number of ether oxygens (including phenoxy) is 2. The number of nitrogens with zero attached hydrogens (tertiary/aromatic N) is 1. The summed E-state index contributed by atoms with van der Waals surface area (Å²) in [6, 6.07) is 8.74. The highest BCUT2D eigenvalue weighted by atomic mass is 16.6. The SMILES string of the molecule is Cc1cc(C2CCOCC2)cc([C@@H](C=O)c2c3n(c4cc[nH]c24)C[C@H]2C4=C([C@H](C)C[C@@H](O)[C@H]5OC5(C)C)C(=O)C[C@]4(C)[C@@]4(C)CC[C@@H]5[C@](C)([C@H]4[C@@H]2O)[C@@H](C#CC3)CC(=O)[C@@]5(C)C2CCCC2)c1. The predicted octanol–water partition coefficient (Wildman–Crippen LogP) is 9.72. The summed E-state index contributed by atoms with van der Waals surface area (Å²) >= 11 is 0. The van der Waals surface area contributed by atoms with Crippen molar-refractivity contribution in [2.24, 2.45) is 57.2 Å². The van der Waals surface area contributed by atoms with Crippen LogP contribution in [0.3, 0.4) is 0 Å². The number of hydrogen-bond acceptors (Lipinski definition) is 7. The quantitative estimate of drug-likeness (QED) is 0.111. The molecule has 3 aliphatic heterocycles. The smallest absolute Gasteiger partial charge is 0.160 e. The second-order valence-electron chi connectivity index (χ2n) is 24.4. The van der Waals surface area contributed by atoms with Crippen molar-refractivity contribution in [3.05, 3.63) is 69.6 Å². The molecule has 0 radical (unpaired) electrons. The lowest BCUT2D eigenvalue weighted by Gasteiger charge is -2.71. The van der Waals surface area contributed by atoms with Gasteiger partial charge in [0.1, 0.15) is 18.2 Å². The Balaban J connectivity index is 1.12. The van der Waals surface area contributed by atoms with E-state index >= 15 is 9.59 Å². The molecule has 3 aromatic rings. The number of rotatable bonds is 9. The number of aliphatic hydroxyl groups excluding tert-OH is 2. The Morgan fingerprint density at radius 3 is 2.45 bits per heavy atom. The average Bonchev–Trinajstić information content (AvgIpc) is 3.84. The number of epoxide rings is 1. The van der Waals surface area contributed by atoms with E-state index in [9.17, 15) is 15.0 Å². The third kappa shape index (κ3) is 6.50. The van der Waals surface area contributed by atoms with Crippen LogP contribution < -0.4 is 0 Å². The Kier molecular flexibility index (Phi) is 10.8. The van der Waals surface area contributed by atoms with Crippen LogP contribution in [0.5, 0.6) is 0 Å². The van der Waals surface area contributed by atoms with Gasteiger partial charge in [0.05, 0.1) is 34.8 Å². The molecular weight excluding hydrogens is 837 g/mol. The van der Waals surface area contributed by atoms with E-state index in [1.54, 1.807) is 0 Å². The van der Waals surface area contributed by atoms with Gasteiger partial charge in [-0.2, -0.15) is 0 Å². The Morgan fingerprint density at radius 2 is 1.75 bits per heavy atom. The van der Waals surface area contributed by atoms with Gasteiger partial charge in [0.25, 0.3) is 0 Å². The number of aldehydes is 1. The normalized spacial score (nSPS) is 38.4. The van der Waals surface area contributed by atoms with E-state index in [2.05, 4.69) is 87.2 Å². The van der Waals surface area contributed by atoms with Gasteiger partial charge in [-0.15, -0.1) is 0 Å². The number of aliphatic hydroxyl groups is 2. The molecule has 358 valence electrons. The summed E-state index contributed by atoms with van der Waals surface area (Å²) in [4.78, 5) is 47.6. The van der Waals surface area contributed by atoms with E-state index in [1.807, 2.05) is 20.0 Å². The Bertz CT molecular complexity index is 2630. The molecule has 5 heterocycles. The summed E-state index contributed by atoms with van der Waals surface area (Å²) in [7, 11) is 0. The molecule has 2 bridgehead atoms. The maximum absolute atomic E-state index is 15.1. The molecule has 6 fully saturated rings. The first-order valence-corrected chi connectivity index (χ1v) is 26.0. The van der Waals surface area contributed by atoms with Gasteiger partial charge in [-0.05, 0) is 134 Å². The van der Waals surface area contributed by atoms with Crippen molar-refractivity contribution < 1.29 is 34.1 Å². The molecule has 67 heavy (non-hydrogen) atoms. The molecular formula is C58H74N2O7. The van der Waals surface area contributed by atoms with Crippen LogP contribution in [0.2, 0.25) is 0 Å². The van der Waals surface area contributed by atoms with Crippen LogP contribution in [-0.4, -0.2) is 74.7 Å². The van der Waals surface area contributed by atoms with Gasteiger partial charge >= 0.3 is 0 Å². The fraction of sp³-hybridized carbons (Fsp3) is 0.672. The van der Waals surface area contributed by atoms with Crippen LogP contribution in [0, 0.1) is 75.9 Å². The molecule has 0 spiro atoms. The van der Waals surface area contributed by atoms with Gasteiger partial charge in [0, 0.05) is 79.1 Å². The summed E-state index contributed by atoms with van der Waals surface area (Å²) in [5.74, 6) is 6.92. The fourth-order valence-corrected chi connectivity index (χ4v) is 17.3. The van der Waals surface area contributed by atoms with Gasteiger partial charge in [-0.3, -0.25) is 9.59 Å². The van der Waals surface area contributed by atoms with Crippen LogP contribution in [-0.2, 0) is 36.8 Å². The van der Waals surface area contributed by atoms with Gasteiger partial charge in [-0.1, -0.05) is 83.1 Å². The number of aromatic amines is 1. The number of carbonyl (C=O) groups excluding carboxylic acids is 3. The summed E-state index contributed by atoms with van der Waals surface area (Å²) in [5.41, 5.74) is 6.33. The lowest BCUT2D eigenvalue weighted by atomic mass is 9.32. The van der Waals surface area contributed by atoms with Gasteiger partial charge < -0.3 is 34.0 Å². The minimum Gasteiger partial charge on any atom is -0.392 e. The monoisotopic (exact) mass is 911 g/mol. The Labute approximate surface area is 397 Å². The van der Waals surface area contributed by atoms with E-state index in [-0.39, 0.29) is 35.6 Å². The van der Waals surface area contributed by atoms with Crippen molar-refractivity contribution in [3.63, 3.8) is 0 Å². The summed E-state index contributed by atoms with van der Waals surface area (Å²) in [6.45, 7) is 19.5. The van der Waals surface area contributed by atoms with Crippen molar-refractivity contribution in [2.45, 2.75) is 175 Å². The van der Waals surface area contributed by atoms with E-state index < -0.39 is 51.3 Å². The van der Waals surface area contributed by atoms with Gasteiger partial charge in [0.15, 0.2) is 5.78 Å². The number of nitrogens with one attached hydrogen (secondary N) is 1. The standard InChI is InChI=1S/C58H74N2O7/c1-32-24-35(34-18-22-66-23-19-34)27-36(25-32)40(31-61)48-41-15-11-14-38-28-46(64)57(7,37-12-9-10-13-37)45-16-20-55(5)52(58(38,45)8)51(65)39(30-60(41)42-17-21-59-50(42)48)49-47(44(63)29-56(49,55)6)33(2)26-43(62)53-54(3,4)67-53/h17,21,24-25,27,31,33-34,37-40,43,45,51-53,59,62,65H,9-10,12-13,15-16,18-20,22-23,26,28-30H2,1-8H3/t33-,38+,39+,40-,43-,45+,51-,52+,53-,55+,56+,57+,58-/m1/s1.